The van der Waals surface area contributed by atoms with Crippen LogP contribution >= 0.6 is 23.8 Å². The average Bonchev–Trinajstić information content (AvgIpc) is 2.37. The molecule has 104 valence electrons. The maximum atomic E-state index is 13.4. The summed E-state index contributed by atoms with van der Waals surface area (Å²) < 4.78 is 32.2. The topological polar surface area (TPSA) is 35.2 Å². The van der Waals surface area contributed by atoms with Crippen molar-refractivity contribution in [2.75, 3.05) is 0 Å². The van der Waals surface area contributed by atoms with Crippen LogP contribution < -0.4 is 10.5 Å². The molecule has 2 nitrogen and oxygen atoms in total. The van der Waals surface area contributed by atoms with E-state index < -0.39 is 11.6 Å². The summed E-state index contributed by atoms with van der Waals surface area (Å²) >= 11 is 10.8. The van der Waals surface area contributed by atoms with Crippen molar-refractivity contribution in [1.29, 1.82) is 0 Å². The smallest absolute Gasteiger partial charge is 0.132 e. The molecule has 6 heteroatoms. The van der Waals surface area contributed by atoms with Crippen LogP contribution in [0.1, 0.15) is 11.1 Å². The van der Waals surface area contributed by atoms with E-state index in [9.17, 15) is 8.78 Å². The Labute approximate surface area is 125 Å². The van der Waals surface area contributed by atoms with Gasteiger partial charge in [0, 0.05) is 5.56 Å². The Morgan fingerprint density at radius 3 is 2.40 bits per heavy atom. The maximum Gasteiger partial charge on any atom is 0.132 e. The number of rotatable bonds is 4. The zero-order valence-corrected chi connectivity index (χ0v) is 11.8. The molecule has 0 aliphatic carbocycles. The van der Waals surface area contributed by atoms with Crippen LogP contribution in [-0.2, 0) is 6.61 Å². The summed E-state index contributed by atoms with van der Waals surface area (Å²) in [4.78, 5) is 0.168. The molecule has 0 aliphatic heterocycles. The third-order valence-corrected chi connectivity index (χ3v) is 3.18. The summed E-state index contributed by atoms with van der Waals surface area (Å²) in [5.41, 5.74) is 5.86. The fourth-order valence-electron chi connectivity index (χ4n) is 1.61. The number of ether oxygens (including phenoxy) is 1. The molecule has 0 atom stereocenters. The first-order valence-corrected chi connectivity index (χ1v) is 6.42. The molecular weight excluding hydrogens is 304 g/mol. The lowest BCUT2D eigenvalue weighted by Gasteiger charge is -2.09. The molecule has 0 fully saturated rings. The van der Waals surface area contributed by atoms with E-state index in [4.69, 9.17) is 34.3 Å². The molecule has 20 heavy (non-hydrogen) atoms. The van der Waals surface area contributed by atoms with E-state index in [1.807, 2.05) is 0 Å². The van der Waals surface area contributed by atoms with Gasteiger partial charge in [-0.15, -0.1) is 0 Å². The molecule has 0 spiro atoms. The molecule has 0 radical (unpaired) electrons. The van der Waals surface area contributed by atoms with Crippen LogP contribution in [0.4, 0.5) is 8.78 Å². The van der Waals surface area contributed by atoms with Crippen LogP contribution in [0.5, 0.6) is 5.75 Å². The third-order valence-electron chi connectivity index (χ3n) is 2.65. The summed E-state index contributed by atoms with van der Waals surface area (Å²) in [6.45, 7) is -0.235. The number of hydrogen-bond donors (Lipinski definition) is 1. The van der Waals surface area contributed by atoms with Gasteiger partial charge in [0.1, 0.15) is 29.0 Å². The fourth-order valence-corrected chi connectivity index (χ4v) is 2.12. The molecule has 0 aliphatic rings. The second kappa shape index (κ2) is 6.15. The third kappa shape index (κ3) is 3.23. The van der Waals surface area contributed by atoms with E-state index in [0.29, 0.717) is 16.3 Å². The number of hydrogen-bond acceptors (Lipinski definition) is 2. The van der Waals surface area contributed by atoms with Gasteiger partial charge >= 0.3 is 0 Å². The maximum absolute atomic E-state index is 13.4. The van der Waals surface area contributed by atoms with Crippen LogP contribution in [0.15, 0.2) is 36.4 Å². The van der Waals surface area contributed by atoms with Gasteiger partial charge in [0.2, 0.25) is 0 Å². The van der Waals surface area contributed by atoms with Gasteiger partial charge in [-0.1, -0.05) is 29.9 Å². The van der Waals surface area contributed by atoms with Gasteiger partial charge in [0.15, 0.2) is 0 Å². The number of nitrogens with two attached hydrogens (primary N) is 1. The Morgan fingerprint density at radius 2 is 1.85 bits per heavy atom. The van der Waals surface area contributed by atoms with Gasteiger partial charge in [-0.05, 0) is 30.3 Å². The van der Waals surface area contributed by atoms with Crippen molar-refractivity contribution in [3.8, 4) is 5.75 Å². The van der Waals surface area contributed by atoms with Crippen molar-refractivity contribution >= 4 is 28.8 Å². The van der Waals surface area contributed by atoms with Gasteiger partial charge in [-0.25, -0.2) is 8.78 Å². The highest BCUT2D eigenvalue weighted by atomic mass is 35.5. The molecule has 0 unspecified atom stereocenters. The normalized spacial score (nSPS) is 10.3. The second-order valence-electron chi connectivity index (χ2n) is 3.99. The first-order chi connectivity index (χ1) is 9.49. The highest BCUT2D eigenvalue weighted by Gasteiger charge is 2.10. The van der Waals surface area contributed by atoms with Crippen LogP contribution in [0, 0.1) is 11.6 Å². The molecule has 0 saturated heterocycles. The van der Waals surface area contributed by atoms with Gasteiger partial charge in [0.05, 0.1) is 10.6 Å². The minimum atomic E-state index is -0.657. The Balaban J connectivity index is 2.16. The summed E-state index contributed by atoms with van der Waals surface area (Å²) in [5, 5.41) is 0.323. The standard InChI is InChI=1S/C14H10ClF2NOS/c15-11-6-8(4-5-9(11)14(18)20)19-7-10-12(16)2-1-3-13(10)17/h1-6H,7H2,(H2,18,20). The van der Waals surface area contributed by atoms with Crippen LogP contribution in [0.3, 0.4) is 0 Å². The largest absolute Gasteiger partial charge is 0.489 e. The molecule has 2 aromatic carbocycles. The van der Waals surface area contributed by atoms with Crippen molar-refractivity contribution < 1.29 is 13.5 Å². The predicted molar refractivity (Wildman–Crippen MR) is 78.0 cm³/mol. The quantitative estimate of drug-likeness (QED) is 0.871. The minimum absolute atomic E-state index is 0.137. The second-order valence-corrected chi connectivity index (χ2v) is 4.84. The zero-order chi connectivity index (χ0) is 14.7. The monoisotopic (exact) mass is 313 g/mol. The molecule has 0 amide bonds. The van der Waals surface area contributed by atoms with Crippen molar-refractivity contribution in [2.45, 2.75) is 6.61 Å². The van der Waals surface area contributed by atoms with E-state index in [1.165, 1.54) is 24.3 Å². The van der Waals surface area contributed by atoms with Crippen LogP contribution in [0.2, 0.25) is 5.02 Å². The fraction of sp³-hybridized carbons (Fsp3) is 0.0714. The van der Waals surface area contributed by atoms with Crippen molar-refractivity contribution in [3.05, 3.63) is 64.2 Å². The predicted octanol–water partition coefficient (Wildman–Crippen LogP) is 3.83. The molecule has 2 rings (SSSR count). The summed E-state index contributed by atoms with van der Waals surface area (Å²) in [5.74, 6) is -0.940. The Kier molecular flexibility index (Phi) is 4.52. The first kappa shape index (κ1) is 14.7. The molecule has 0 aromatic heterocycles. The summed E-state index contributed by atoms with van der Waals surface area (Å²) in [6, 6.07) is 8.31. The SMILES string of the molecule is NC(=S)c1ccc(OCc2c(F)cccc2F)cc1Cl. The van der Waals surface area contributed by atoms with E-state index in [1.54, 1.807) is 12.1 Å². The Bertz CT molecular complexity index is 643. The first-order valence-electron chi connectivity index (χ1n) is 5.64. The number of halogens is 3. The Hall–Kier alpha value is -1.72. The molecule has 2 N–H and O–H groups in total. The number of benzene rings is 2. The van der Waals surface area contributed by atoms with E-state index in [0.717, 1.165) is 0 Å². The van der Waals surface area contributed by atoms with E-state index in [2.05, 4.69) is 0 Å². The summed E-state index contributed by atoms with van der Waals surface area (Å²) in [7, 11) is 0. The molecule has 0 bridgehead atoms. The van der Waals surface area contributed by atoms with Crippen LogP contribution in [-0.4, -0.2) is 4.99 Å². The molecule has 0 heterocycles. The lowest BCUT2D eigenvalue weighted by atomic mass is 10.2. The van der Waals surface area contributed by atoms with Gasteiger partial charge < -0.3 is 10.5 Å². The highest BCUT2D eigenvalue weighted by molar-refractivity contribution is 7.80. The zero-order valence-electron chi connectivity index (χ0n) is 10.2. The molecule has 0 saturated carbocycles. The van der Waals surface area contributed by atoms with Crippen molar-refractivity contribution in [1.82, 2.24) is 0 Å². The van der Waals surface area contributed by atoms with Gasteiger partial charge in [0.25, 0.3) is 0 Å². The lowest BCUT2D eigenvalue weighted by Crippen LogP contribution is -2.10. The van der Waals surface area contributed by atoms with Gasteiger partial charge in [-0.2, -0.15) is 0 Å². The molecule has 2 aromatic rings. The van der Waals surface area contributed by atoms with Crippen molar-refractivity contribution in [3.63, 3.8) is 0 Å². The van der Waals surface area contributed by atoms with E-state index >= 15 is 0 Å². The molecular formula is C14H10ClF2NOS. The minimum Gasteiger partial charge on any atom is -0.489 e. The van der Waals surface area contributed by atoms with Crippen LogP contribution in [0.25, 0.3) is 0 Å². The number of thiocarbonyl (C=S) groups is 1. The average molecular weight is 314 g/mol. The van der Waals surface area contributed by atoms with Crippen molar-refractivity contribution in [2.24, 2.45) is 5.73 Å². The van der Waals surface area contributed by atoms with Gasteiger partial charge in [-0.3, -0.25) is 0 Å². The summed E-state index contributed by atoms with van der Waals surface area (Å²) in [6.07, 6.45) is 0. The lowest BCUT2D eigenvalue weighted by molar-refractivity contribution is 0.292. The highest BCUT2D eigenvalue weighted by Crippen LogP contribution is 2.24. The van der Waals surface area contributed by atoms with E-state index in [-0.39, 0.29) is 17.2 Å². The Morgan fingerprint density at radius 1 is 1.20 bits per heavy atom.